The first-order valence-electron chi connectivity index (χ1n) is 35.2. The van der Waals surface area contributed by atoms with Crippen LogP contribution in [-0.2, 0) is 65.4 Å². The van der Waals surface area contributed by atoms with E-state index in [1.54, 1.807) is 0 Å². The zero-order valence-electron chi connectivity index (χ0n) is 56.7. The molecule has 0 fully saturated rings. The SMILES string of the molecule is CCCCCC/C=C\C=C/CCCCCCCC(=O)O[C@H](COC(=O)CCCCCCCCC(C)C)COP(=O)(O)OC[C@H](O)COP(=O)(O)OC[C@@H](COC(=O)CCCCCCCCCCCC(C)C)OC(=O)CCCCCCCCCCCC(C)C. The van der Waals surface area contributed by atoms with Gasteiger partial charge in [0.25, 0.3) is 0 Å². The highest BCUT2D eigenvalue weighted by Gasteiger charge is 2.30. The number of phosphoric acid groups is 2. The van der Waals surface area contributed by atoms with Gasteiger partial charge in [0, 0.05) is 25.7 Å². The fourth-order valence-corrected chi connectivity index (χ4v) is 11.4. The van der Waals surface area contributed by atoms with E-state index in [2.05, 4.69) is 72.8 Å². The van der Waals surface area contributed by atoms with Crippen LogP contribution in [-0.4, -0.2) is 96.7 Å². The van der Waals surface area contributed by atoms with Gasteiger partial charge in [0.15, 0.2) is 12.2 Å². The molecule has 0 aromatic carbocycles. The van der Waals surface area contributed by atoms with Crippen molar-refractivity contribution in [1.82, 2.24) is 0 Å². The zero-order chi connectivity index (χ0) is 65.2. The van der Waals surface area contributed by atoms with Gasteiger partial charge in [-0.1, -0.05) is 265 Å². The number of aliphatic hydroxyl groups excluding tert-OH is 1. The molecule has 0 aliphatic heterocycles. The Hall–Kier alpha value is -2.46. The minimum atomic E-state index is -4.96. The fourth-order valence-electron chi connectivity index (χ4n) is 9.82. The first-order valence-corrected chi connectivity index (χ1v) is 38.2. The summed E-state index contributed by atoms with van der Waals surface area (Å²) in [5.41, 5.74) is 0. The van der Waals surface area contributed by atoms with E-state index in [-0.39, 0.29) is 25.7 Å². The van der Waals surface area contributed by atoms with Crippen molar-refractivity contribution < 1.29 is 80.2 Å². The van der Waals surface area contributed by atoms with Gasteiger partial charge in [0.05, 0.1) is 26.4 Å². The van der Waals surface area contributed by atoms with Gasteiger partial charge in [-0.15, -0.1) is 0 Å². The summed E-state index contributed by atoms with van der Waals surface area (Å²) in [4.78, 5) is 72.4. The molecule has 0 amide bonds. The van der Waals surface area contributed by atoms with E-state index < -0.39 is 97.5 Å². The number of phosphoric ester groups is 2. The number of esters is 4. The maximum atomic E-state index is 13.0. The Morgan fingerprint density at radius 1 is 0.352 bits per heavy atom. The lowest BCUT2D eigenvalue weighted by atomic mass is 10.0. The fraction of sp³-hybridized carbons (Fsp3) is 0.884. The Bertz CT molecular complexity index is 1830. The Balaban J connectivity index is 5.28. The summed E-state index contributed by atoms with van der Waals surface area (Å²) in [5.74, 6) is -0.00860. The number of allylic oxidation sites excluding steroid dienone is 4. The third kappa shape index (κ3) is 62.4. The number of ether oxygens (including phenoxy) is 4. The van der Waals surface area contributed by atoms with Crippen LogP contribution in [0.15, 0.2) is 24.3 Å². The molecule has 0 spiro atoms. The van der Waals surface area contributed by atoms with Crippen molar-refractivity contribution >= 4 is 39.5 Å². The van der Waals surface area contributed by atoms with Crippen molar-refractivity contribution in [3.63, 3.8) is 0 Å². The molecule has 17 nitrogen and oxygen atoms in total. The molecular weight excluding hydrogens is 1160 g/mol. The summed E-state index contributed by atoms with van der Waals surface area (Å²) in [6.07, 6.45) is 45.4. The number of hydrogen-bond acceptors (Lipinski definition) is 15. The molecule has 0 bridgehead atoms. The van der Waals surface area contributed by atoms with E-state index in [9.17, 15) is 43.2 Å². The van der Waals surface area contributed by atoms with Gasteiger partial charge in [-0.25, -0.2) is 9.13 Å². The highest BCUT2D eigenvalue weighted by atomic mass is 31.2. The lowest BCUT2D eigenvalue weighted by Gasteiger charge is -2.21. The highest BCUT2D eigenvalue weighted by molar-refractivity contribution is 7.47. The van der Waals surface area contributed by atoms with Crippen LogP contribution in [0.4, 0.5) is 0 Å². The first-order chi connectivity index (χ1) is 42.2. The number of unbranched alkanes of at least 4 members (excludes halogenated alkanes) is 30. The maximum Gasteiger partial charge on any atom is 0.472 e. The predicted octanol–water partition coefficient (Wildman–Crippen LogP) is 19.0. The maximum absolute atomic E-state index is 13.0. The molecule has 0 saturated carbocycles. The number of carbonyl (C=O) groups is 4. The van der Waals surface area contributed by atoms with E-state index in [0.29, 0.717) is 31.6 Å². The Labute approximate surface area is 535 Å². The minimum absolute atomic E-state index is 0.0834. The summed E-state index contributed by atoms with van der Waals surface area (Å²) in [5, 5.41) is 10.6. The smallest absolute Gasteiger partial charge is 0.462 e. The van der Waals surface area contributed by atoms with Crippen molar-refractivity contribution in [3.05, 3.63) is 24.3 Å². The van der Waals surface area contributed by atoms with Crippen LogP contribution in [0, 0.1) is 17.8 Å². The standard InChI is InChI=1S/C69H130O17P2/c1-8-9-10-11-12-13-14-15-16-17-18-23-29-38-45-52-68(73)86-65(57-80-67(72)51-44-37-32-31-35-42-49-62(6)7)59-84-88(77,78)82-55-63(70)54-81-87(75,76)83-58-64(85-69(74)53-46-39-30-25-20-22-27-34-41-48-61(4)5)56-79-66(71)50-43-36-28-24-19-21-26-33-40-47-60(2)3/h13-16,60-65,70H,8-12,17-59H2,1-7H3,(H,75,76)(H,77,78)/b14-13-,16-15-/t63-,64-,65-/m1/s1. The van der Waals surface area contributed by atoms with Gasteiger partial charge in [-0.3, -0.25) is 37.3 Å². The van der Waals surface area contributed by atoms with E-state index in [0.717, 1.165) is 121 Å². The quantitative estimate of drug-likeness (QED) is 0.0169. The van der Waals surface area contributed by atoms with Gasteiger partial charge < -0.3 is 33.8 Å². The molecule has 19 heteroatoms. The van der Waals surface area contributed by atoms with E-state index >= 15 is 0 Å². The second-order valence-corrected chi connectivity index (χ2v) is 28.6. The average molecular weight is 1290 g/mol. The zero-order valence-corrected chi connectivity index (χ0v) is 58.5. The molecule has 0 aliphatic carbocycles. The second kappa shape index (κ2) is 59.5. The van der Waals surface area contributed by atoms with Crippen LogP contribution in [0.25, 0.3) is 0 Å². The van der Waals surface area contributed by atoms with Crippen molar-refractivity contribution in [2.45, 2.75) is 336 Å². The van der Waals surface area contributed by atoms with Gasteiger partial charge in [-0.2, -0.15) is 0 Å². The lowest BCUT2D eigenvalue weighted by molar-refractivity contribution is -0.161. The van der Waals surface area contributed by atoms with Gasteiger partial charge in [0.2, 0.25) is 0 Å². The first kappa shape index (κ1) is 85.5. The van der Waals surface area contributed by atoms with Crippen LogP contribution in [0.1, 0.15) is 318 Å². The third-order valence-corrected chi connectivity index (χ3v) is 17.2. The monoisotopic (exact) mass is 1290 g/mol. The molecule has 0 aliphatic rings. The molecule has 0 saturated heterocycles. The van der Waals surface area contributed by atoms with Gasteiger partial charge >= 0.3 is 39.5 Å². The van der Waals surface area contributed by atoms with E-state index in [1.807, 2.05) is 0 Å². The lowest BCUT2D eigenvalue weighted by Crippen LogP contribution is -2.30. The summed E-state index contributed by atoms with van der Waals surface area (Å²) < 4.78 is 68.1. The number of aliphatic hydroxyl groups is 1. The molecule has 3 N–H and O–H groups in total. The third-order valence-electron chi connectivity index (χ3n) is 15.3. The normalized spacial score (nSPS) is 14.4. The topological polar surface area (TPSA) is 237 Å². The van der Waals surface area contributed by atoms with E-state index in [4.69, 9.17) is 37.0 Å². The van der Waals surface area contributed by atoms with Crippen LogP contribution in [0.3, 0.4) is 0 Å². The molecular formula is C69H130O17P2. The number of hydrogen-bond donors (Lipinski definition) is 3. The van der Waals surface area contributed by atoms with Gasteiger partial charge in [0.1, 0.15) is 19.3 Å². The molecule has 0 heterocycles. The largest absolute Gasteiger partial charge is 0.472 e. The average Bonchev–Trinajstić information content (AvgIpc) is 3.58. The molecule has 2 unspecified atom stereocenters. The summed E-state index contributed by atoms with van der Waals surface area (Å²) in [6.45, 7) is 11.6. The predicted molar refractivity (Wildman–Crippen MR) is 354 cm³/mol. The van der Waals surface area contributed by atoms with E-state index in [1.165, 1.54) is 109 Å². The highest BCUT2D eigenvalue weighted by Crippen LogP contribution is 2.45. The van der Waals surface area contributed by atoms with Gasteiger partial charge in [-0.05, 0) is 69.1 Å². The summed E-state index contributed by atoms with van der Waals surface area (Å²) in [6, 6.07) is 0. The molecule has 0 aromatic rings. The Morgan fingerprint density at radius 3 is 0.920 bits per heavy atom. The van der Waals surface area contributed by atoms with Crippen molar-refractivity contribution in [1.29, 1.82) is 0 Å². The molecule has 0 rings (SSSR count). The van der Waals surface area contributed by atoms with Crippen LogP contribution in [0.5, 0.6) is 0 Å². The summed E-state index contributed by atoms with van der Waals surface area (Å²) >= 11 is 0. The molecule has 5 atom stereocenters. The molecule has 518 valence electrons. The number of carbonyl (C=O) groups excluding carboxylic acids is 4. The summed E-state index contributed by atoms with van der Waals surface area (Å²) in [7, 11) is -9.91. The van der Waals surface area contributed by atoms with Crippen LogP contribution < -0.4 is 0 Å². The van der Waals surface area contributed by atoms with Crippen molar-refractivity contribution in [2.24, 2.45) is 17.8 Å². The molecule has 88 heavy (non-hydrogen) atoms. The minimum Gasteiger partial charge on any atom is -0.462 e. The second-order valence-electron chi connectivity index (χ2n) is 25.7. The Morgan fingerprint density at radius 2 is 0.614 bits per heavy atom. The van der Waals surface area contributed by atoms with Crippen molar-refractivity contribution in [3.8, 4) is 0 Å². The Kier molecular flexibility index (Phi) is 57.9. The molecule has 0 aromatic heterocycles. The number of rotatable bonds is 65. The van der Waals surface area contributed by atoms with Crippen molar-refractivity contribution in [2.75, 3.05) is 39.6 Å². The van der Waals surface area contributed by atoms with Crippen LogP contribution in [0.2, 0.25) is 0 Å². The molecule has 0 radical (unpaired) electrons. The van der Waals surface area contributed by atoms with Crippen LogP contribution >= 0.6 is 15.6 Å².